The van der Waals surface area contributed by atoms with Crippen molar-refractivity contribution in [2.75, 3.05) is 11.1 Å². The molecule has 4 nitrogen and oxygen atoms in total. The van der Waals surface area contributed by atoms with Gasteiger partial charge in [0.25, 0.3) is 0 Å². The smallest absolute Gasteiger partial charge is 0.124 e. The molecule has 0 spiro atoms. The zero-order chi connectivity index (χ0) is 12.4. The van der Waals surface area contributed by atoms with Gasteiger partial charge in [0.1, 0.15) is 5.82 Å². The molecule has 4 heteroatoms. The standard InChI is InChI=1S/C13H18N4/c1-9-4-5-12(14)11(6-9)8-15-13-7-10(2)16-17(13)3/h4-7,15H,8,14H2,1-3H3. The van der Waals surface area contributed by atoms with Gasteiger partial charge in [-0.2, -0.15) is 5.10 Å². The molecule has 0 saturated heterocycles. The number of nitrogens with zero attached hydrogens (tertiary/aromatic N) is 2. The minimum Gasteiger partial charge on any atom is -0.398 e. The van der Waals surface area contributed by atoms with Crippen LogP contribution in [0.15, 0.2) is 24.3 Å². The molecule has 2 aromatic rings. The number of nitrogen functional groups attached to an aromatic ring is 1. The Balaban J connectivity index is 2.12. The molecule has 1 aromatic carbocycles. The molecule has 0 aliphatic carbocycles. The van der Waals surface area contributed by atoms with Crippen molar-refractivity contribution in [3.63, 3.8) is 0 Å². The topological polar surface area (TPSA) is 55.9 Å². The molecule has 0 aliphatic rings. The van der Waals surface area contributed by atoms with E-state index in [0.29, 0.717) is 6.54 Å². The third-order valence-electron chi connectivity index (χ3n) is 2.76. The second-order valence-corrected chi connectivity index (χ2v) is 4.35. The number of rotatable bonds is 3. The number of nitrogens with two attached hydrogens (primary N) is 1. The van der Waals surface area contributed by atoms with Crippen LogP contribution < -0.4 is 11.1 Å². The lowest BCUT2D eigenvalue weighted by atomic mass is 10.1. The maximum Gasteiger partial charge on any atom is 0.124 e. The second kappa shape index (κ2) is 4.49. The van der Waals surface area contributed by atoms with Gasteiger partial charge >= 0.3 is 0 Å². The summed E-state index contributed by atoms with van der Waals surface area (Å²) < 4.78 is 1.83. The normalized spacial score (nSPS) is 10.5. The van der Waals surface area contributed by atoms with E-state index in [4.69, 9.17) is 5.73 Å². The molecule has 3 N–H and O–H groups in total. The highest BCUT2D eigenvalue weighted by atomic mass is 15.3. The van der Waals surface area contributed by atoms with Gasteiger partial charge in [0.15, 0.2) is 0 Å². The molecule has 17 heavy (non-hydrogen) atoms. The van der Waals surface area contributed by atoms with Crippen LogP contribution in [0.2, 0.25) is 0 Å². The Bertz CT molecular complexity index is 528. The fourth-order valence-electron chi connectivity index (χ4n) is 1.85. The van der Waals surface area contributed by atoms with Crippen LogP contribution in [0.5, 0.6) is 0 Å². The molecule has 1 heterocycles. The molecule has 0 fully saturated rings. The average molecular weight is 230 g/mol. The summed E-state index contributed by atoms with van der Waals surface area (Å²) in [6, 6.07) is 8.09. The second-order valence-electron chi connectivity index (χ2n) is 4.35. The number of nitrogens with one attached hydrogen (secondary N) is 1. The van der Waals surface area contributed by atoms with E-state index >= 15 is 0 Å². The zero-order valence-electron chi connectivity index (χ0n) is 10.5. The van der Waals surface area contributed by atoms with E-state index in [9.17, 15) is 0 Å². The van der Waals surface area contributed by atoms with E-state index in [1.54, 1.807) is 0 Å². The van der Waals surface area contributed by atoms with E-state index in [2.05, 4.69) is 23.4 Å². The number of aromatic nitrogens is 2. The summed E-state index contributed by atoms with van der Waals surface area (Å²) in [6.07, 6.45) is 0. The van der Waals surface area contributed by atoms with Crippen molar-refractivity contribution in [3.05, 3.63) is 41.1 Å². The van der Waals surface area contributed by atoms with Crippen LogP contribution in [0, 0.1) is 13.8 Å². The Morgan fingerprint density at radius 2 is 2.06 bits per heavy atom. The van der Waals surface area contributed by atoms with Crippen LogP contribution in [-0.4, -0.2) is 9.78 Å². The Labute approximate surface area is 101 Å². The van der Waals surface area contributed by atoms with Crippen LogP contribution in [0.25, 0.3) is 0 Å². The largest absolute Gasteiger partial charge is 0.398 e. The van der Waals surface area contributed by atoms with E-state index in [-0.39, 0.29) is 0 Å². The van der Waals surface area contributed by atoms with Crippen LogP contribution in [0.3, 0.4) is 0 Å². The number of hydrogen-bond donors (Lipinski definition) is 2. The molecule has 0 bridgehead atoms. The molecule has 1 aromatic heterocycles. The molecule has 2 rings (SSSR count). The molecular formula is C13H18N4. The number of aryl methyl sites for hydroxylation is 3. The quantitative estimate of drug-likeness (QED) is 0.795. The lowest BCUT2D eigenvalue weighted by Gasteiger charge is -2.09. The van der Waals surface area contributed by atoms with Crippen molar-refractivity contribution in [2.24, 2.45) is 7.05 Å². The average Bonchev–Trinajstić information content (AvgIpc) is 2.59. The molecule has 0 radical (unpaired) electrons. The number of anilines is 2. The van der Waals surface area contributed by atoms with Crippen LogP contribution in [0.4, 0.5) is 11.5 Å². The first-order valence-electron chi connectivity index (χ1n) is 5.66. The molecule has 0 atom stereocenters. The predicted molar refractivity (Wildman–Crippen MR) is 70.9 cm³/mol. The maximum atomic E-state index is 5.93. The summed E-state index contributed by atoms with van der Waals surface area (Å²) in [7, 11) is 1.93. The van der Waals surface area contributed by atoms with Crippen molar-refractivity contribution in [3.8, 4) is 0 Å². The predicted octanol–water partition coefficient (Wildman–Crippen LogP) is 2.23. The third kappa shape index (κ3) is 2.58. The van der Waals surface area contributed by atoms with Gasteiger partial charge in [-0.15, -0.1) is 0 Å². The lowest BCUT2D eigenvalue weighted by molar-refractivity contribution is 0.758. The third-order valence-corrected chi connectivity index (χ3v) is 2.76. The van der Waals surface area contributed by atoms with Crippen molar-refractivity contribution in [1.29, 1.82) is 0 Å². The van der Waals surface area contributed by atoms with Crippen LogP contribution in [-0.2, 0) is 13.6 Å². The van der Waals surface area contributed by atoms with Gasteiger partial charge in [-0.05, 0) is 25.5 Å². The fourth-order valence-corrected chi connectivity index (χ4v) is 1.85. The Morgan fingerprint density at radius 3 is 2.71 bits per heavy atom. The Kier molecular flexibility index (Phi) is 3.04. The molecule has 0 amide bonds. The van der Waals surface area contributed by atoms with E-state index in [0.717, 1.165) is 22.8 Å². The van der Waals surface area contributed by atoms with E-state index in [1.807, 2.05) is 36.9 Å². The van der Waals surface area contributed by atoms with Crippen molar-refractivity contribution in [2.45, 2.75) is 20.4 Å². The van der Waals surface area contributed by atoms with E-state index < -0.39 is 0 Å². The molecule has 0 saturated carbocycles. The zero-order valence-corrected chi connectivity index (χ0v) is 10.5. The first-order valence-corrected chi connectivity index (χ1v) is 5.66. The highest BCUT2D eigenvalue weighted by Gasteiger charge is 2.03. The van der Waals surface area contributed by atoms with Gasteiger partial charge in [0.2, 0.25) is 0 Å². The van der Waals surface area contributed by atoms with Gasteiger partial charge in [-0.3, -0.25) is 4.68 Å². The van der Waals surface area contributed by atoms with Gasteiger partial charge in [-0.25, -0.2) is 0 Å². The summed E-state index contributed by atoms with van der Waals surface area (Å²) in [5.74, 6) is 1.00. The first kappa shape index (κ1) is 11.5. The fraction of sp³-hybridized carbons (Fsp3) is 0.308. The van der Waals surface area contributed by atoms with Gasteiger partial charge in [0, 0.05) is 25.3 Å². The van der Waals surface area contributed by atoms with Gasteiger partial charge < -0.3 is 11.1 Å². The summed E-state index contributed by atoms with van der Waals surface area (Å²) >= 11 is 0. The molecular weight excluding hydrogens is 212 g/mol. The molecule has 0 aliphatic heterocycles. The summed E-state index contributed by atoms with van der Waals surface area (Å²) in [4.78, 5) is 0. The summed E-state index contributed by atoms with van der Waals surface area (Å²) in [5.41, 5.74) is 10.1. The molecule has 0 unspecified atom stereocenters. The lowest BCUT2D eigenvalue weighted by Crippen LogP contribution is -2.06. The van der Waals surface area contributed by atoms with Crippen molar-refractivity contribution >= 4 is 11.5 Å². The Hall–Kier alpha value is -1.97. The van der Waals surface area contributed by atoms with E-state index in [1.165, 1.54) is 5.56 Å². The maximum absolute atomic E-state index is 5.93. The highest BCUT2D eigenvalue weighted by Crippen LogP contribution is 2.16. The van der Waals surface area contributed by atoms with Crippen molar-refractivity contribution < 1.29 is 0 Å². The summed E-state index contributed by atoms with van der Waals surface area (Å²) in [5, 5.41) is 7.62. The Morgan fingerprint density at radius 1 is 1.29 bits per heavy atom. The van der Waals surface area contributed by atoms with Crippen molar-refractivity contribution in [1.82, 2.24) is 9.78 Å². The SMILES string of the molecule is Cc1ccc(N)c(CNc2cc(C)nn2C)c1. The monoisotopic (exact) mass is 230 g/mol. The number of hydrogen-bond acceptors (Lipinski definition) is 3. The minimum absolute atomic E-state index is 0.715. The van der Waals surface area contributed by atoms with Gasteiger partial charge in [-0.1, -0.05) is 17.7 Å². The highest BCUT2D eigenvalue weighted by molar-refractivity contribution is 5.50. The first-order chi connectivity index (χ1) is 8.06. The molecule has 90 valence electrons. The number of benzene rings is 1. The van der Waals surface area contributed by atoms with Gasteiger partial charge in [0.05, 0.1) is 5.69 Å². The minimum atomic E-state index is 0.715. The van der Waals surface area contributed by atoms with Crippen LogP contribution in [0.1, 0.15) is 16.8 Å². The summed E-state index contributed by atoms with van der Waals surface area (Å²) in [6.45, 7) is 4.76. The van der Waals surface area contributed by atoms with Crippen LogP contribution >= 0.6 is 0 Å².